The van der Waals surface area contributed by atoms with Crippen LogP contribution in [0.15, 0.2) is 30.3 Å². The number of carboxylic acid groups (broad SMARTS) is 1. The van der Waals surface area contributed by atoms with Crippen molar-refractivity contribution >= 4 is 33.8 Å². The van der Waals surface area contributed by atoms with Crippen LogP contribution in [-0.4, -0.2) is 59.8 Å². The maximum Gasteiger partial charge on any atom is 0.310 e. The first-order valence-electron chi connectivity index (χ1n) is 10.0. The first kappa shape index (κ1) is 26.1. The van der Waals surface area contributed by atoms with Gasteiger partial charge in [0, 0.05) is 24.6 Å². The van der Waals surface area contributed by atoms with Crippen molar-refractivity contribution < 1.29 is 32.6 Å². The number of rotatable bonds is 10. The monoisotopic (exact) mass is 479 g/mol. The lowest BCUT2D eigenvalue weighted by molar-refractivity contribution is -0.140. The van der Waals surface area contributed by atoms with Crippen LogP contribution in [0.5, 0.6) is 0 Å². The average Bonchev–Trinajstić information content (AvgIpc) is 2.70. The zero-order valence-electron chi connectivity index (χ0n) is 18.7. The Morgan fingerprint density at radius 3 is 2.30 bits per heavy atom. The van der Waals surface area contributed by atoms with E-state index >= 15 is 0 Å². The minimum Gasteiger partial charge on any atom is -0.481 e. The number of nitrogens with zero attached hydrogens (tertiary/aromatic N) is 3. The van der Waals surface area contributed by atoms with E-state index in [0.717, 1.165) is 10.6 Å². The van der Waals surface area contributed by atoms with Crippen LogP contribution >= 0.6 is 0 Å². The molecule has 1 unspecified atom stereocenters. The van der Waals surface area contributed by atoms with Crippen LogP contribution in [0.25, 0.3) is 17.3 Å². The Bertz CT molecular complexity index is 1160. The molecule has 0 amide bonds. The van der Waals surface area contributed by atoms with Crippen LogP contribution in [0.2, 0.25) is 0 Å². The van der Waals surface area contributed by atoms with Gasteiger partial charge in [0.25, 0.3) is 0 Å². The summed E-state index contributed by atoms with van der Waals surface area (Å²) in [4.78, 5) is 31.2. The van der Waals surface area contributed by atoms with Crippen molar-refractivity contribution in [2.45, 2.75) is 38.7 Å². The van der Waals surface area contributed by atoms with E-state index in [4.69, 9.17) is 5.11 Å². The minimum absolute atomic E-state index is 0.0742. The lowest BCUT2D eigenvalue weighted by atomic mass is 9.97. The molecule has 1 atom stereocenters. The highest BCUT2D eigenvalue weighted by Gasteiger charge is 2.22. The summed E-state index contributed by atoms with van der Waals surface area (Å²) in [6, 6.07) is 5.44. The van der Waals surface area contributed by atoms with Crippen molar-refractivity contribution in [3.63, 3.8) is 0 Å². The van der Waals surface area contributed by atoms with Gasteiger partial charge in [0.15, 0.2) is 0 Å². The van der Waals surface area contributed by atoms with Gasteiger partial charge >= 0.3 is 5.97 Å². The summed E-state index contributed by atoms with van der Waals surface area (Å²) in [5, 5.41) is 18.9. The van der Waals surface area contributed by atoms with Crippen LogP contribution in [0, 0.1) is 5.82 Å². The number of Topliss-reactive ketones (excluding diaryl/α,β-unsaturated/α-hetero) is 1. The number of aliphatic hydroxyl groups is 1. The fourth-order valence-electron chi connectivity index (χ4n) is 2.95. The summed E-state index contributed by atoms with van der Waals surface area (Å²) in [5.74, 6) is -2.64. The lowest BCUT2D eigenvalue weighted by Gasteiger charge is -2.20. The van der Waals surface area contributed by atoms with E-state index in [9.17, 15) is 27.5 Å². The predicted molar refractivity (Wildman–Crippen MR) is 122 cm³/mol. The number of benzene rings is 1. The molecule has 0 saturated heterocycles. The summed E-state index contributed by atoms with van der Waals surface area (Å²) < 4.78 is 38.5. The van der Waals surface area contributed by atoms with E-state index in [-0.39, 0.29) is 18.3 Å². The van der Waals surface area contributed by atoms with Crippen molar-refractivity contribution in [1.82, 2.24) is 9.97 Å². The van der Waals surface area contributed by atoms with Gasteiger partial charge in [-0.25, -0.2) is 27.1 Å². The Morgan fingerprint density at radius 2 is 1.79 bits per heavy atom. The molecule has 11 heteroatoms. The Morgan fingerprint density at radius 1 is 1.18 bits per heavy atom. The second kappa shape index (κ2) is 10.6. The third kappa shape index (κ3) is 7.16. The first-order valence-corrected chi connectivity index (χ1v) is 11.9. The highest BCUT2D eigenvalue weighted by atomic mass is 32.2. The maximum absolute atomic E-state index is 13.5. The molecule has 0 radical (unpaired) electrons. The molecule has 0 saturated carbocycles. The van der Waals surface area contributed by atoms with Gasteiger partial charge in [-0.1, -0.05) is 26.0 Å². The van der Waals surface area contributed by atoms with Gasteiger partial charge in [-0.15, -0.1) is 0 Å². The Hall–Kier alpha value is -3.18. The molecule has 1 aromatic heterocycles. The number of carbonyl (C=O) groups excluding carboxylic acids is 1. The van der Waals surface area contributed by atoms with Crippen molar-refractivity contribution in [2.75, 3.05) is 17.6 Å². The normalized spacial score (nSPS) is 12.8. The molecule has 0 fully saturated rings. The molecule has 33 heavy (non-hydrogen) atoms. The third-order valence-electron chi connectivity index (χ3n) is 4.68. The maximum atomic E-state index is 13.5. The Labute approximate surface area is 191 Å². The number of carbonyl (C=O) groups is 2. The van der Waals surface area contributed by atoms with E-state index in [1.165, 1.54) is 43.5 Å². The van der Waals surface area contributed by atoms with Crippen LogP contribution in [0.3, 0.4) is 0 Å². The van der Waals surface area contributed by atoms with Crippen LogP contribution < -0.4 is 4.31 Å². The second-order valence-corrected chi connectivity index (χ2v) is 9.82. The third-order valence-corrected chi connectivity index (χ3v) is 5.84. The summed E-state index contributed by atoms with van der Waals surface area (Å²) >= 11 is 0. The minimum atomic E-state index is -3.66. The number of aromatic nitrogens is 2. The topological polar surface area (TPSA) is 138 Å². The number of halogens is 1. The van der Waals surface area contributed by atoms with E-state index in [1.807, 2.05) is 13.8 Å². The second-order valence-electron chi connectivity index (χ2n) is 7.80. The molecule has 0 aliphatic carbocycles. The highest BCUT2D eigenvalue weighted by Crippen LogP contribution is 2.31. The van der Waals surface area contributed by atoms with Crippen LogP contribution in [-0.2, 0) is 19.6 Å². The van der Waals surface area contributed by atoms with E-state index in [2.05, 4.69) is 9.97 Å². The zero-order chi connectivity index (χ0) is 24.9. The van der Waals surface area contributed by atoms with Crippen LogP contribution in [0.4, 0.5) is 10.3 Å². The standard InChI is InChI=1S/C22H26FN3O6S/c1-13(2)20-18(10-9-16(27)11-17(28)12-19(29)30)21(14-5-7-15(23)8-6-14)25-22(24-20)26(3)33(4,31)32/h5-10,13,16,27H,11-12H2,1-4H3,(H,29,30)/b10-9+. The summed E-state index contributed by atoms with van der Waals surface area (Å²) in [7, 11) is -2.35. The van der Waals surface area contributed by atoms with Gasteiger partial charge in [0.2, 0.25) is 16.0 Å². The summed E-state index contributed by atoms with van der Waals surface area (Å²) in [5.41, 5.74) is 1.71. The van der Waals surface area contributed by atoms with Gasteiger partial charge in [-0.2, -0.15) is 0 Å². The van der Waals surface area contributed by atoms with Gasteiger partial charge < -0.3 is 10.2 Å². The number of aliphatic hydroxyl groups excluding tert-OH is 1. The van der Waals surface area contributed by atoms with Gasteiger partial charge in [0.1, 0.15) is 18.0 Å². The van der Waals surface area contributed by atoms with Crippen LogP contribution in [0.1, 0.15) is 43.9 Å². The van der Waals surface area contributed by atoms with Crippen molar-refractivity contribution in [3.8, 4) is 11.3 Å². The van der Waals surface area contributed by atoms with Crippen molar-refractivity contribution in [2.24, 2.45) is 0 Å². The van der Waals surface area contributed by atoms with Crippen molar-refractivity contribution in [1.29, 1.82) is 0 Å². The molecular weight excluding hydrogens is 453 g/mol. The first-order chi connectivity index (χ1) is 15.3. The smallest absolute Gasteiger partial charge is 0.310 e. The number of ketones is 1. The Kier molecular flexibility index (Phi) is 8.39. The lowest BCUT2D eigenvalue weighted by Crippen LogP contribution is -2.27. The molecule has 0 aliphatic heterocycles. The molecule has 2 N–H and O–H groups in total. The molecule has 2 rings (SSSR count). The van der Waals surface area contributed by atoms with E-state index < -0.39 is 40.1 Å². The van der Waals surface area contributed by atoms with Gasteiger partial charge in [-0.3, -0.25) is 9.59 Å². The summed E-state index contributed by atoms with van der Waals surface area (Å²) in [6.07, 6.45) is 1.49. The molecular formula is C22H26FN3O6S. The van der Waals surface area contributed by atoms with E-state index in [1.54, 1.807) is 0 Å². The molecule has 0 aliphatic rings. The summed E-state index contributed by atoms with van der Waals surface area (Å²) in [6.45, 7) is 3.68. The van der Waals surface area contributed by atoms with Gasteiger partial charge in [-0.05, 0) is 30.2 Å². The number of hydrogen-bond acceptors (Lipinski definition) is 7. The predicted octanol–water partition coefficient (Wildman–Crippen LogP) is 2.61. The van der Waals surface area contributed by atoms with Gasteiger partial charge in [0.05, 0.1) is 23.7 Å². The molecule has 9 nitrogen and oxygen atoms in total. The number of carboxylic acids is 1. The Balaban J connectivity index is 2.62. The quantitative estimate of drug-likeness (QED) is 0.496. The molecule has 0 spiro atoms. The molecule has 1 heterocycles. The molecule has 0 bridgehead atoms. The largest absolute Gasteiger partial charge is 0.481 e. The van der Waals surface area contributed by atoms with Crippen molar-refractivity contribution in [3.05, 3.63) is 47.4 Å². The highest BCUT2D eigenvalue weighted by molar-refractivity contribution is 7.92. The average molecular weight is 480 g/mol. The fraction of sp³-hybridized carbons (Fsp3) is 0.364. The number of aliphatic carboxylic acids is 1. The molecule has 1 aromatic carbocycles. The number of anilines is 1. The SMILES string of the molecule is CC(C)c1nc(N(C)S(C)(=O)=O)nc(-c2ccc(F)cc2)c1/C=C/C(O)CC(=O)CC(=O)O. The molecule has 178 valence electrons. The van der Waals surface area contributed by atoms with E-state index in [0.29, 0.717) is 22.5 Å². The number of sulfonamides is 1. The number of hydrogen-bond donors (Lipinski definition) is 2. The zero-order valence-corrected chi connectivity index (χ0v) is 19.5. The molecule has 2 aromatic rings. The fourth-order valence-corrected chi connectivity index (χ4v) is 3.32.